The highest BCUT2D eigenvalue weighted by Crippen LogP contribution is 2.28. The number of hydrogen-bond donors (Lipinski definition) is 0. The van der Waals surface area contributed by atoms with Crippen LogP contribution in [0.2, 0.25) is 0 Å². The van der Waals surface area contributed by atoms with Gasteiger partial charge in [-0.15, -0.1) is 0 Å². The van der Waals surface area contributed by atoms with Crippen molar-refractivity contribution < 1.29 is 9.47 Å². The Morgan fingerprint density at radius 3 is 3.00 bits per heavy atom. The summed E-state index contributed by atoms with van der Waals surface area (Å²) in [6.07, 6.45) is 5.06. The summed E-state index contributed by atoms with van der Waals surface area (Å²) in [7, 11) is 0. The Hall–Kier alpha value is -1.48. The molecule has 0 radical (unpaired) electrons. The van der Waals surface area contributed by atoms with Crippen LogP contribution in [0.4, 0.5) is 0 Å². The molecule has 2 heterocycles. The fraction of sp³-hybridized carbons (Fsp3) is 0.500. The van der Waals surface area contributed by atoms with Gasteiger partial charge in [-0.05, 0) is 44.9 Å². The minimum Gasteiger partial charge on any atom is -0.490 e. The second-order valence-corrected chi connectivity index (χ2v) is 5.46. The van der Waals surface area contributed by atoms with E-state index in [1.165, 1.54) is 23.7 Å². The van der Waals surface area contributed by atoms with E-state index in [9.17, 15) is 0 Å². The van der Waals surface area contributed by atoms with Crippen LogP contribution < -0.4 is 4.74 Å². The van der Waals surface area contributed by atoms with E-state index in [-0.39, 0.29) is 6.10 Å². The molecule has 3 heteroatoms. The van der Waals surface area contributed by atoms with Crippen LogP contribution in [0.1, 0.15) is 26.7 Å². The molecule has 3 rings (SSSR count). The maximum absolute atomic E-state index is 5.87. The maximum Gasteiger partial charge on any atom is 0.129 e. The van der Waals surface area contributed by atoms with Gasteiger partial charge in [0.15, 0.2) is 0 Å². The van der Waals surface area contributed by atoms with Crippen LogP contribution in [0.5, 0.6) is 5.75 Å². The van der Waals surface area contributed by atoms with Crippen LogP contribution >= 0.6 is 0 Å². The molecule has 2 aromatic rings. The van der Waals surface area contributed by atoms with Gasteiger partial charge in [0.05, 0.1) is 17.7 Å². The third-order valence-corrected chi connectivity index (χ3v) is 3.56. The van der Waals surface area contributed by atoms with E-state index in [1.807, 2.05) is 6.07 Å². The minimum absolute atomic E-state index is 0.201. The molecule has 1 aromatic heterocycles. The molecule has 1 fully saturated rings. The molecule has 1 aliphatic rings. The first-order chi connectivity index (χ1) is 9.24. The van der Waals surface area contributed by atoms with Crippen LogP contribution in [-0.2, 0) is 11.3 Å². The molecule has 1 aromatic carbocycles. The van der Waals surface area contributed by atoms with Crippen molar-refractivity contribution in [3.63, 3.8) is 0 Å². The van der Waals surface area contributed by atoms with Crippen molar-refractivity contribution in [1.82, 2.24) is 4.57 Å². The average molecular weight is 259 g/mol. The molecule has 0 aliphatic carbocycles. The van der Waals surface area contributed by atoms with Crippen LogP contribution in [-0.4, -0.2) is 23.4 Å². The summed E-state index contributed by atoms with van der Waals surface area (Å²) in [5.41, 5.74) is 1.23. The zero-order chi connectivity index (χ0) is 13.2. The van der Waals surface area contributed by atoms with Gasteiger partial charge in [0.2, 0.25) is 0 Å². The fourth-order valence-corrected chi connectivity index (χ4v) is 2.72. The summed E-state index contributed by atoms with van der Waals surface area (Å²) in [6, 6.07) is 8.39. The lowest BCUT2D eigenvalue weighted by atomic mass is 10.2. The molecule has 1 saturated heterocycles. The quantitative estimate of drug-likeness (QED) is 0.837. The third kappa shape index (κ3) is 2.61. The molecule has 3 nitrogen and oxygen atoms in total. The van der Waals surface area contributed by atoms with E-state index < -0.39 is 0 Å². The molecular weight excluding hydrogens is 238 g/mol. The van der Waals surface area contributed by atoms with E-state index >= 15 is 0 Å². The van der Waals surface area contributed by atoms with Gasteiger partial charge in [-0.3, -0.25) is 0 Å². The van der Waals surface area contributed by atoms with Gasteiger partial charge < -0.3 is 14.0 Å². The number of benzene rings is 1. The summed E-state index contributed by atoms with van der Waals surface area (Å²) in [6.45, 7) is 5.96. The third-order valence-electron chi connectivity index (χ3n) is 3.56. The monoisotopic (exact) mass is 259 g/mol. The fourth-order valence-electron chi connectivity index (χ4n) is 2.72. The van der Waals surface area contributed by atoms with Crippen LogP contribution in [0.15, 0.2) is 30.5 Å². The van der Waals surface area contributed by atoms with Crippen molar-refractivity contribution in [2.75, 3.05) is 6.61 Å². The molecule has 0 saturated carbocycles. The molecule has 1 aliphatic heterocycles. The van der Waals surface area contributed by atoms with E-state index in [0.717, 1.165) is 18.9 Å². The molecule has 0 N–H and O–H groups in total. The lowest BCUT2D eigenvalue weighted by Crippen LogP contribution is -2.14. The van der Waals surface area contributed by atoms with Crippen molar-refractivity contribution in [3.05, 3.63) is 30.5 Å². The summed E-state index contributed by atoms with van der Waals surface area (Å²) in [5.74, 6) is 0.971. The van der Waals surface area contributed by atoms with Gasteiger partial charge in [0.25, 0.3) is 0 Å². The van der Waals surface area contributed by atoms with Crippen molar-refractivity contribution in [3.8, 4) is 5.75 Å². The number of hydrogen-bond acceptors (Lipinski definition) is 2. The Morgan fingerprint density at radius 1 is 1.37 bits per heavy atom. The summed E-state index contributed by atoms with van der Waals surface area (Å²) < 4.78 is 13.9. The highest BCUT2D eigenvalue weighted by atomic mass is 16.5. The molecule has 102 valence electrons. The zero-order valence-corrected chi connectivity index (χ0v) is 11.6. The van der Waals surface area contributed by atoms with Crippen LogP contribution in [0, 0.1) is 0 Å². The van der Waals surface area contributed by atoms with Crippen molar-refractivity contribution in [1.29, 1.82) is 0 Å². The Kier molecular flexibility index (Phi) is 3.47. The second kappa shape index (κ2) is 5.25. The summed E-state index contributed by atoms with van der Waals surface area (Å²) in [4.78, 5) is 0. The van der Waals surface area contributed by atoms with E-state index in [2.05, 4.69) is 42.8 Å². The predicted molar refractivity (Wildman–Crippen MR) is 76.7 cm³/mol. The highest BCUT2D eigenvalue weighted by Gasteiger charge is 2.17. The predicted octanol–water partition coefficient (Wildman–Crippen LogP) is 3.61. The molecule has 19 heavy (non-hydrogen) atoms. The van der Waals surface area contributed by atoms with Crippen LogP contribution in [0.3, 0.4) is 0 Å². The first-order valence-corrected chi connectivity index (χ1v) is 7.10. The number of nitrogens with zero attached hydrogens (tertiary/aromatic N) is 1. The Labute approximate surface area is 114 Å². The Balaban J connectivity index is 1.89. The second-order valence-electron chi connectivity index (χ2n) is 5.46. The molecule has 1 unspecified atom stereocenters. The first-order valence-electron chi connectivity index (χ1n) is 7.10. The van der Waals surface area contributed by atoms with Crippen molar-refractivity contribution >= 4 is 10.9 Å². The minimum atomic E-state index is 0.201. The highest BCUT2D eigenvalue weighted by molar-refractivity contribution is 5.86. The molecule has 1 atom stereocenters. The molecule has 0 amide bonds. The average Bonchev–Trinajstić information content (AvgIpc) is 3.00. The Bertz CT molecular complexity index is 553. The van der Waals surface area contributed by atoms with Gasteiger partial charge in [0.1, 0.15) is 5.75 Å². The standard InChI is InChI=1S/C16H21NO2/c1-12(2)19-16-7-3-6-15-14(16)8-9-17(15)11-13-5-4-10-18-13/h3,6-9,12-13H,4-5,10-11H2,1-2H3. The van der Waals surface area contributed by atoms with E-state index in [4.69, 9.17) is 9.47 Å². The van der Waals surface area contributed by atoms with Gasteiger partial charge >= 0.3 is 0 Å². The van der Waals surface area contributed by atoms with Crippen molar-refractivity contribution in [2.24, 2.45) is 0 Å². The SMILES string of the molecule is CC(C)Oc1cccc2c1ccn2CC1CCCO1. The maximum atomic E-state index is 5.87. The zero-order valence-electron chi connectivity index (χ0n) is 11.6. The molecule has 0 bridgehead atoms. The number of fused-ring (bicyclic) bond motifs is 1. The normalized spacial score (nSPS) is 19.4. The van der Waals surface area contributed by atoms with Gasteiger partial charge in [-0.1, -0.05) is 6.07 Å². The van der Waals surface area contributed by atoms with Gasteiger partial charge in [-0.2, -0.15) is 0 Å². The number of ether oxygens (including phenoxy) is 2. The lowest BCUT2D eigenvalue weighted by molar-refractivity contribution is 0.0980. The molecule has 0 spiro atoms. The molecular formula is C16H21NO2. The van der Waals surface area contributed by atoms with Gasteiger partial charge in [-0.25, -0.2) is 0 Å². The topological polar surface area (TPSA) is 23.4 Å². The smallest absolute Gasteiger partial charge is 0.129 e. The van der Waals surface area contributed by atoms with Crippen molar-refractivity contribution in [2.45, 2.75) is 45.4 Å². The lowest BCUT2D eigenvalue weighted by Gasteiger charge is -2.13. The number of rotatable bonds is 4. The van der Waals surface area contributed by atoms with Gasteiger partial charge in [0, 0.05) is 24.7 Å². The van der Waals surface area contributed by atoms with E-state index in [0.29, 0.717) is 6.10 Å². The largest absolute Gasteiger partial charge is 0.490 e. The summed E-state index contributed by atoms with van der Waals surface area (Å²) >= 11 is 0. The van der Waals surface area contributed by atoms with E-state index in [1.54, 1.807) is 0 Å². The van der Waals surface area contributed by atoms with Crippen LogP contribution in [0.25, 0.3) is 10.9 Å². The Morgan fingerprint density at radius 2 is 2.26 bits per heavy atom. The first kappa shape index (κ1) is 12.5. The number of aromatic nitrogens is 1. The summed E-state index contributed by atoms with van der Waals surface area (Å²) in [5, 5.41) is 1.19.